The van der Waals surface area contributed by atoms with Crippen molar-refractivity contribution in [3.05, 3.63) is 0 Å². The molecule has 4 aliphatic rings. The van der Waals surface area contributed by atoms with Gasteiger partial charge in [0.25, 0.3) is 0 Å². The number of hydrogen-bond acceptors (Lipinski definition) is 4. The molecule has 3 amide bonds. The standard InChI is InChI=1S/C20H32ClN3O4S/c1-20(9-10-20)22-29(27,28)15-7-8-17-16(11-15)18(25)23(2)19(26)24(17)12-13-3-5-14(21)6-4-13/h13-17,22H,3-12H2,1-2H3. The number of nitrogens with zero attached hydrogens (tertiary/aromatic N) is 2. The van der Waals surface area contributed by atoms with Crippen molar-refractivity contribution in [1.82, 2.24) is 14.5 Å². The van der Waals surface area contributed by atoms with E-state index in [0.717, 1.165) is 38.5 Å². The topological polar surface area (TPSA) is 86.8 Å². The summed E-state index contributed by atoms with van der Waals surface area (Å²) in [4.78, 5) is 28.8. The van der Waals surface area contributed by atoms with Gasteiger partial charge < -0.3 is 4.90 Å². The fourth-order valence-electron chi connectivity index (χ4n) is 5.23. The summed E-state index contributed by atoms with van der Waals surface area (Å²) < 4.78 is 28.6. The molecule has 29 heavy (non-hydrogen) atoms. The van der Waals surface area contributed by atoms with E-state index in [1.54, 1.807) is 0 Å². The van der Waals surface area contributed by atoms with Crippen LogP contribution in [-0.4, -0.2) is 66.0 Å². The Hall–Kier alpha value is -0.860. The molecule has 1 aliphatic heterocycles. The van der Waals surface area contributed by atoms with E-state index in [2.05, 4.69) is 4.72 Å². The lowest BCUT2D eigenvalue weighted by Crippen LogP contribution is -2.63. The fourth-order valence-corrected chi connectivity index (χ4v) is 7.44. The van der Waals surface area contributed by atoms with Crippen molar-refractivity contribution in [2.75, 3.05) is 13.6 Å². The lowest BCUT2D eigenvalue weighted by molar-refractivity contribution is -0.139. The third-order valence-corrected chi connectivity index (χ3v) is 9.92. The number of halogens is 1. The molecular weight excluding hydrogens is 414 g/mol. The number of amides is 3. The van der Waals surface area contributed by atoms with E-state index in [1.165, 1.54) is 11.9 Å². The first kappa shape index (κ1) is 21.4. The van der Waals surface area contributed by atoms with Gasteiger partial charge in [0.05, 0.1) is 11.2 Å². The van der Waals surface area contributed by atoms with Gasteiger partial charge in [-0.25, -0.2) is 17.9 Å². The first-order valence-electron chi connectivity index (χ1n) is 10.8. The van der Waals surface area contributed by atoms with Crippen LogP contribution >= 0.6 is 11.6 Å². The summed E-state index contributed by atoms with van der Waals surface area (Å²) in [5.74, 6) is -0.281. The quantitative estimate of drug-likeness (QED) is 0.659. The van der Waals surface area contributed by atoms with Gasteiger partial charge >= 0.3 is 6.03 Å². The highest BCUT2D eigenvalue weighted by molar-refractivity contribution is 7.90. The largest absolute Gasteiger partial charge is 0.326 e. The van der Waals surface area contributed by atoms with Crippen LogP contribution in [0, 0.1) is 11.8 Å². The number of imide groups is 1. The molecular formula is C20H32ClN3O4S. The molecule has 0 spiro atoms. The lowest BCUT2D eigenvalue weighted by Gasteiger charge is -2.48. The number of rotatable bonds is 5. The molecule has 3 aliphatic carbocycles. The summed E-state index contributed by atoms with van der Waals surface area (Å²) in [5.41, 5.74) is -0.313. The number of hydrogen-bond donors (Lipinski definition) is 1. The molecule has 1 saturated heterocycles. The van der Waals surface area contributed by atoms with Crippen LogP contribution in [0.1, 0.15) is 64.7 Å². The lowest BCUT2D eigenvalue weighted by atomic mass is 9.80. The normalized spacial score (nSPS) is 37.4. The highest BCUT2D eigenvalue weighted by atomic mass is 35.5. The Labute approximate surface area is 178 Å². The highest BCUT2D eigenvalue weighted by Gasteiger charge is 2.51. The van der Waals surface area contributed by atoms with Gasteiger partial charge in [0, 0.05) is 30.6 Å². The molecule has 3 atom stereocenters. The van der Waals surface area contributed by atoms with Crippen LogP contribution in [0.15, 0.2) is 0 Å². The minimum atomic E-state index is -3.47. The summed E-state index contributed by atoms with van der Waals surface area (Å²) in [7, 11) is -1.95. The minimum absolute atomic E-state index is 0.192. The van der Waals surface area contributed by atoms with Crippen molar-refractivity contribution in [3.8, 4) is 0 Å². The average Bonchev–Trinajstić information content (AvgIpc) is 3.40. The van der Waals surface area contributed by atoms with Gasteiger partial charge in [-0.05, 0) is 70.6 Å². The SMILES string of the molecule is CN1C(=O)C2CC(S(=O)(=O)NC3(C)CC3)CCC2N(CC2CCC(Cl)CC2)C1=O. The van der Waals surface area contributed by atoms with Gasteiger partial charge in [0.2, 0.25) is 15.9 Å². The summed E-state index contributed by atoms with van der Waals surface area (Å²) >= 11 is 6.22. The van der Waals surface area contributed by atoms with Crippen LogP contribution in [0.2, 0.25) is 0 Å². The van der Waals surface area contributed by atoms with Gasteiger partial charge in [-0.2, -0.15) is 0 Å². The second-order valence-corrected chi connectivity index (χ2v) is 12.3. The van der Waals surface area contributed by atoms with E-state index in [-0.39, 0.29) is 35.3 Å². The first-order valence-corrected chi connectivity index (χ1v) is 12.8. The third-order valence-electron chi connectivity index (χ3n) is 7.41. The number of carbonyl (C=O) groups is 2. The zero-order valence-corrected chi connectivity index (χ0v) is 18.8. The predicted octanol–water partition coefficient (Wildman–Crippen LogP) is 2.69. The molecule has 9 heteroatoms. The molecule has 0 aromatic carbocycles. The molecule has 3 saturated carbocycles. The summed E-state index contributed by atoms with van der Waals surface area (Å²) in [6, 6.07) is -0.433. The van der Waals surface area contributed by atoms with E-state index < -0.39 is 21.2 Å². The Bertz CT molecular complexity index is 777. The molecule has 4 rings (SSSR count). The van der Waals surface area contributed by atoms with Gasteiger partial charge in [0.15, 0.2) is 0 Å². The minimum Gasteiger partial charge on any atom is -0.320 e. The molecule has 4 fully saturated rings. The van der Waals surface area contributed by atoms with Crippen molar-refractivity contribution in [2.24, 2.45) is 11.8 Å². The van der Waals surface area contributed by atoms with Crippen molar-refractivity contribution in [1.29, 1.82) is 0 Å². The second kappa shape index (κ2) is 7.68. The van der Waals surface area contributed by atoms with E-state index in [0.29, 0.717) is 25.3 Å². The fraction of sp³-hybridized carbons (Fsp3) is 0.900. The zero-order valence-electron chi connectivity index (χ0n) is 17.3. The molecule has 0 aromatic rings. The Morgan fingerprint density at radius 1 is 1.10 bits per heavy atom. The van der Waals surface area contributed by atoms with Crippen molar-refractivity contribution >= 4 is 33.6 Å². The number of carbonyl (C=O) groups excluding carboxylic acids is 2. The monoisotopic (exact) mass is 445 g/mol. The van der Waals surface area contributed by atoms with Gasteiger partial charge in [-0.1, -0.05) is 0 Å². The summed E-state index contributed by atoms with van der Waals surface area (Å²) in [6.07, 6.45) is 6.96. The van der Waals surface area contributed by atoms with Crippen molar-refractivity contribution < 1.29 is 18.0 Å². The number of urea groups is 1. The predicted molar refractivity (Wildman–Crippen MR) is 111 cm³/mol. The zero-order chi connectivity index (χ0) is 21.0. The highest BCUT2D eigenvalue weighted by Crippen LogP contribution is 2.40. The van der Waals surface area contributed by atoms with E-state index in [4.69, 9.17) is 11.6 Å². The molecule has 0 radical (unpaired) electrons. The number of fused-ring (bicyclic) bond motifs is 1. The van der Waals surface area contributed by atoms with Crippen molar-refractivity contribution in [2.45, 2.75) is 86.9 Å². The number of nitrogens with one attached hydrogen (secondary N) is 1. The third kappa shape index (κ3) is 4.30. The van der Waals surface area contributed by atoms with Gasteiger partial charge in [0.1, 0.15) is 0 Å². The molecule has 1 N–H and O–H groups in total. The Balaban J connectivity index is 1.48. The molecule has 0 aromatic heterocycles. The average molecular weight is 446 g/mol. The smallest absolute Gasteiger partial charge is 0.320 e. The molecule has 1 heterocycles. The first-order chi connectivity index (χ1) is 13.6. The molecule has 7 nitrogen and oxygen atoms in total. The summed E-state index contributed by atoms with van der Waals surface area (Å²) in [6.45, 7) is 2.56. The van der Waals surface area contributed by atoms with Gasteiger partial charge in [-0.15, -0.1) is 11.6 Å². The Morgan fingerprint density at radius 2 is 1.76 bits per heavy atom. The summed E-state index contributed by atoms with van der Waals surface area (Å²) in [5, 5.41) is -0.345. The van der Waals surface area contributed by atoms with E-state index >= 15 is 0 Å². The van der Waals surface area contributed by atoms with Crippen LogP contribution < -0.4 is 4.72 Å². The van der Waals surface area contributed by atoms with Crippen LogP contribution in [0.25, 0.3) is 0 Å². The second-order valence-electron chi connectivity index (χ2n) is 9.77. The number of sulfonamides is 1. The Kier molecular flexibility index (Phi) is 5.66. The maximum absolute atomic E-state index is 12.9. The van der Waals surface area contributed by atoms with Crippen LogP contribution in [0.4, 0.5) is 4.79 Å². The van der Waals surface area contributed by atoms with E-state index in [1.807, 2.05) is 11.8 Å². The number of alkyl halides is 1. The molecule has 3 unspecified atom stereocenters. The van der Waals surface area contributed by atoms with Gasteiger partial charge in [-0.3, -0.25) is 9.69 Å². The van der Waals surface area contributed by atoms with Crippen LogP contribution in [0.3, 0.4) is 0 Å². The van der Waals surface area contributed by atoms with E-state index in [9.17, 15) is 18.0 Å². The molecule has 0 bridgehead atoms. The maximum Gasteiger partial charge on any atom is 0.326 e. The van der Waals surface area contributed by atoms with Crippen molar-refractivity contribution in [3.63, 3.8) is 0 Å². The van der Waals surface area contributed by atoms with Crippen LogP contribution in [-0.2, 0) is 14.8 Å². The van der Waals surface area contributed by atoms with Crippen LogP contribution in [0.5, 0.6) is 0 Å². The Morgan fingerprint density at radius 3 is 2.38 bits per heavy atom. The maximum atomic E-state index is 12.9. The molecule has 164 valence electrons.